The van der Waals surface area contributed by atoms with Crippen LogP contribution in [0.3, 0.4) is 0 Å². The molecular weight excluding hydrogens is 340 g/mol. The van der Waals surface area contributed by atoms with E-state index in [0.717, 1.165) is 10.4 Å². The lowest BCUT2D eigenvalue weighted by atomic mass is 9.79. The van der Waals surface area contributed by atoms with Crippen LogP contribution in [0.5, 0.6) is 0 Å². The number of halogens is 1. The zero-order chi connectivity index (χ0) is 16.7. The molecule has 4 heterocycles. The summed E-state index contributed by atoms with van der Waals surface area (Å²) >= 11 is 7.85. The lowest BCUT2D eigenvalue weighted by Gasteiger charge is -2.49. The van der Waals surface area contributed by atoms with Crippen molar-refractivity contribution in [3.8, 4) is 10.4 Å². The van der Waals surface area contributed by atoms with Crippen LogP contribution in [0.2, 0.25) is 5.02 Å². The normalized spacial score (nSPS) is 28.8. The average molecular weight is 361 g/mol. The van der Waals surface area contributed by atoms with E-state index in [9.17, 15) is 4.79 Å². The van der Waals surface area contributed by atoms with Gasteiger partial charge in [-0.1, -0.05) is 41.9 Å². The minimum atomic E-state index is 0.00896. The molecule has 5 rings (SSSR count). The molecule has 1 aromatic heterocycles. The summed E-state index contributed by atoms with van der Waals surface area (Å²) in [6.07, 6.45) is 2.38. The molecule has 0 aliphatic carbocycles. The summed E-state index contributed by atoms with van der Waals surface area (Å²) in [6, 6.07) is 12.5. The second kappa shape index (κ2) is 6.51. The van der Waals surface area contributed by atoms with E-state index >= 15 is 0 Å². The van der Waals surface area contributed by atoms with Crippen LogP contribution in [0.15, 0.2) is 36.4 Å². The Morgan fingerprint density at radius 1 is 1.25 bits per heavy atom. The second-order valence-corrected chi connectivity index (χ2v) is 8.23. The largest absolute Gasteiger partial charge is 0.347 e. The molecule has 24 heavy (non-hydrogen) atoms. The third-order valence-corrected chi connectivity index (χ3v) is 7.02. The van der Waals surface area contributed by atoms with E-state index in [1.54, 1.807) is 6.07 Å². The molecule has 3 saturated heterocycles. The molecule has 2 bridgehead atoms. The van der Waals surface area contributed by atoms with Crippen molar-refractivity contribution in [2.45, 2.75) is 31.8 Å². The SMILES string of the molecule is CC1C(NC(=O)c2cc(Cl)c(-c3ccccc3)s2)C2CCN1CC2. The van der Waals surface area contributed by atoms with Crippen molar-refractivity contribution < 1.29 is 4.79 Å². The topological polar surface area (TPSA) is 32.3 Å². The van der Waals surface area contributed by atoms with Crippen LogP contribution >= 0.6 is 22.9 Å². The van der Waals surface area contributed by atoms with E-state index in [1.165, 1.54) is 37.3 Å². The quantitative estimate of drug-likeness (QED) is 0.885. The van der Waals surface area contributed by atoms with Crippen molar-refractivity contribution in [3.63, 3.8) is 0 Å². The maximum absolute atomic E-state index is 12.8. The summed E-state index contributed by atoms with van der Waals surface area (Å²) in [4.78, 5) is 16.9. The molecule has 126 valence electrons. The fourth-order valence-corrected chi connectivity index (χ4v) is 5.39. The van der Waals surface area contributed by atoms with E-state index in [1.807, 2.05) is 30.3 Å². The lowest BCUT2D eigenvalue weighted by molar-refractivity contribution is 0.0218. The highest BCUT2D eigenvalue weighted by Crippen LogP contribution is 2.37. The third kappa shape index (κ3) is 2.87. The molecule has 3 fully saturated rings. The summed E-state index contributed by atoms with van der Waals surface area (Å²) in [7, 11) is 0. The van der Waals surface area contributed by atoms with Crippen molar-refractivity contribution in [2.75, 3.05) is 13.1 Å². The molecule has 0 saturated carbocycles. The number of carbonyl (C=O) groups is 1. The molecule has 2 aromatic rings. The maximum Gasteiger partial charge on any atom is 0.261 e. The first-order chi connectivity index (χ1) is 11.6. The van der Waals surface area contributed by atoms with Crippen LogP contribution < -0.4 is 5.32 Å². The number of nitrogens with zero attached hydrogens (tertiary/aromatic N) is 1. The molecule has 1 amide bonds. The number of hydrogen-bond acceptors (Lipinski definition) is 3. The fourth-order valence-electron chi connectivity index (χ4n) is 4.03. The molecule has 1 aromatic carbocycles. The van der Waals surface area contributed by atoms with E-state index < -0.39 is 0 Å². The van der Waals surface area contributed by atoms with Crippen molar-refractivity contribution in [1.82, 2.24) is 10.2 Å². The first kappa shape index (κ1) is 16.1. The van der Waals surface area contributed by atoms with Gasteiger partial charge < -0.3 is 5.32 Å². The summed E-state index contributed by atoms with van der Waals surface area (Å²) in [5.74, 6) is 0.618. The monoisotopic (exact) mass is 360 g/mol. The fraction of sp³-hybridized carbons (Fsp3) is 0.421. The number of thiophene rings is 1. The first-order valence-corrected chi connectivity index (χ1v) is 9.72. The van der Waals surface area contributed by atoms with Gasteiger partial charge in [0.05, 0.1) is 14.8 Å². The Bertz CT molecular complexity index is 735. The highest BCUT2D eigenvalue weighted by atomic mass is 35.5. The lowest BCUT2D eigenvalue weighted by Crippen LogP contribution is -2.62. The Labute approximate surface area is 151 Å². The number of carbonyl (C=O) groups excluding carboxylic acids is 1. The predicted octanol–water partition coefficient (Wildman–Crippen LogP) is 4.28. The van der Waals surface area contributed by atoms with Crippen LogP contribution in [0.4, 0.5) is 0 Å². The third-order valence-electron chi connectivity index (χ3n) is 5.42. The van der Waals surface area contributed by atoms with Gasteiger partial charge >= 0.3 is 0 Å². The Balaban J connectivity index is 1.53. The molecular formula is C19H21ClN2OS. The van der Waals surface area contributed by atoms with Crippen LogP contribution in [0.1, 0.15) is 29.4 Å². The smallest absolute Gasteiger partial charge is 0.261 e. The van der Waals surface area contributed by atoms with Gasteiger partial charge in [-0.25, -0.2) is 0 Å². The minimum Gasteiger partial charge on any atom is -0.347 e. The Kier molecular flexibility index (Phi) is 4.37. The van der Waals surface area contributed by atoms with Gasteiger partial charge in [-0.2, -0.15) is 0 Å². The zero-order valence-corrected chi connectivity index (χ0v) is 15.2. The van der Waals surface area contributed by atoms with E-state index in [4.69, 9.17) is 11.6 Å². The second-order valence-electron chi connectivity index (χ2n) is 6.77. The first-order valence-electron chi connectivity index (χ1n) is 8.53. The standard InChI is InChI=1S/C19H21ClN2OS/c1-12-17(13-7-9-22(12)10-8-13)21-19(23)16-11-15(20)18(24-16)14-5-3-2-4-6-14/h2-6,11-13,17H,7-10H2,1H3,(H,21,23). The summed E-state index contributed by atoms with van der Waals surface area (Å²) in [5, 5.41) is 3.93. The highest BCUT2D eigenvalue weighted by molar-refractivity contribution is 7.18. The van der Waals surface area contributed by atoms with Gasteiger partial charge in [0.1, 0.15) is 0 Å². The Morgan fingerprint density at radius 2 is 1.96 bits per heavy atom. The van der Waals surface area contributed by atoms with Crippen molar-refractivity contribution >= 4 is 28.8 Å². The molecule has 3 nitrogen and oxygen atoms in total. The van der Waals surface area contributed by atoms with E-state index in [2.05, 4.69) is 17.1 Å². The number of hydrogen-bond donors (Lipinski definition) is 1. The zero-order valence-electron chi connectivity index (χ0n) is 13.7. The highest BCUT2D eigenvalue weighted by Gasteiger charge is 2.40. The molecule has 5 heteroatoms. The van der Waals surface area contributed by atoms with Crippen LogP contribution in [0, 0.1) is 5.92 Å². The molecule has 3 aliphatic heterocycles. The van der Waals surface area contributed by atoms with Crippen LogP contribution in [0.25, 0.3) is 10.4 Å². The Hall–Kier alpha value is -1.36. The van der Waals surface area contributed by atoms with Crippen molar-refractivity contribution in [2.24, 2.45) is 5.92 Å². The van der Waals surface area contributed by atoms with E-state index in [0.29, 0.717) is 21.9 Å². The van der Waals surface area contributed by atoms with Crippen molar-refractivity contribution in [1.29, 1.82) is 0 Å². The van der Waals surface area contributed by atoms with Crippen molar-refractivity contribution in [3.05, 3.63) is 46.3 Å². The van der Waals surface area contributed by atoms with Gasteiger partial charge in [-0.05, 0) is 50.4 Å². The van der Waals surface area contributed by atoms with Gasteiger partial charge in [-0.15, -0.1) is 11.3 Å². The molecule has 1 N–H and O–H groups in total. The number of benzene rings is 1. The summed E-state index contributed by atoms with van der Waals surface area (Å²) in [6.45, 7) is 4.56. The molecule has 0 spiro atoms. The summed E-state index contributed by atoms with van der Waals surface area (Å²) in [5.41, 5.74) is 1.06. The van der Waals surface area contributed by atoms with Crippen LogP contribution in [-0.2, 0) is 0 Å². The molecule has 0 radical (unpaired) electrons. The number of amides is 1. The number of rotatable bonds is 3. The average Bonchev–Trinajstić information content (AvgIpc) is 3.01. The number of fused-ring (bicyclic) bond motifs is 3. The molecule has 3 aliphatic rings. The van der Waals surface area contributed by atoms with Gasteiger partial charge in [0.2, 0.25) is 0 Å². The number of nitrogens with one attached hydrogen (secondary N) is 1. The van der Waals surface area contributed by atoms with Gasteiger partial charge in [-0.3, -0.25) is 9.69 Å². The van der Waals surface area contributed by atoms with Crippen LogP contribution in [-0.4, -0.2) is 36.0 Å². The van der Waals surface area contributed by atoms with Gasteiger partial charge in [0.15, 0.2) is 0 Å². The Morgan fingerprint density at radius 3 is 2.62 bits per heavy atom. The summed E-state index contributed by atoms with van der Waals surface area (Å²) < 4.78 is 0. The van der Waals surface area contributed by atoms with Gasteiger partial charge in [0.25, 0.3) is 5.91 Å². The predicted molar refractivity (Wildman–Crippen MR) is 99.8 cm³/mol. The molecule has 2 atom stereocenters. The number of piperidine rings is 3. The minimum absolute atomic E-state index is 0.00896. The van der Waals surface area contributed by atoms with Gasteiger partial charge in [0, 0.05) is 12.1 Å². The maximum atomic E-state index is 12.8. The molecule has 2 unspecified atom stereocenters. The van der Waals surface area contributed by atoms with E-state index in [-0.39, 0.29) is 11.9 Å².